The Morgan fingerprint density at radius 3 is 2.67 bits per heavy atom. The molecule has 1 aromatic rings. The number of amides is 2. The van der Waals surface area contributed by atoms with E-state index in [0.717, 1.165) is 5.56 Å². The summed E-state index contributed by atoms with van der Waals surface area (Å²) in [5.74, 6) is -0.240. The number of aryl methyl sites for hydroxylation is 1. The molecule has 1 rings (SSSR count). The standard InChI is InChI=1S/C15H21ClN2O3/c1-11-4-5-13(10-14(11)16)18(12(2)19)8-6-15(20)17-7-9-21-3/h4-5,10H,6-9H2,1-3H3,(H,17,20). The highest BCUT2D eigenvalue weighted by molar-refractivity contribution is 6.31. The summed E-state index contributed by atoms with van der Waals surface area (Å²) in [4.78, 5) is 25.0. The van der Waals surface area contributed by atoms with Crippen molar-refractivity contribution >= 4 is 29.1 Å². The molecule has 2 amide bonds. The fourth-order valence-corrected chi connectivity index (χ4v) is 1.99. The molecule has 1 aromatic carbocycles. The van der Waals surface area contributed by atoms with E-state index in [-0.39, 0.29) is 18.2 Å². The summed E-state index contributed by atoms with van der Waals surface area (Å²) in [6, 6.07) is 5.42. The van der Waals surface area contributed by atoms with Gasteiger partial charge in [0.25, 0.3) is 0 Å². The molecule has 21 heavy (non-hydrogen) atoms. The molecule has 0 aromatic heterocycles. The Labute approximate surface area is 130 Å². The summed E-state index contributed by atoms with van der Waals surface area (Å²) in [5, 5.41) is 3.32. The number of benzene rings is 1. The Hall–Kier alpha value is -1.59. The number of nitrogens with zero attached hydrogens (tertiary/aromatic N) is 1. The molecule has 1 N–H and O–H groups in total. The van der Waals surface area contributed by atoms with Gasteiger partial charge in [0, 0.05) is 44.3 Å². The Morgan fingerprint density at radius 2 is 2.10 bits per heavy atom. The van der Waals surface area contributed by atoms with Crippen molar-refractivity contribution in [3.8, 4) is 0 Å². The topological polar surface area (TPSA) is 58.6 Å². The van der Waals surface area contributed by atoms with Crippen LogP contribution in [0.2, 0.25) is 5.02 Å². The van der Waals surface area contributed by atoms with Crippen LogP contribution in [0.3, 0.4) is 0 Å². The normalized spacial score (nSPS) is 10.3. The van der Waals surface area contributed by atoms with Crippen molar-refractivity contribution < 1.29 is 14.3 Å². The van der Waals surface area contributed by atoms with E-state index in [9.17, 15) is 9.59 Å². The lowest BCUT2D eigenvalue weighted by Gasteiger charge is -2.21. The van der Waals surface area contributed by atoms with Gasteiger partial charge in [-0.15, -0.1) is 0 Å². The molecule has 0 atom stereocenters. The first-order valence-corrected chi connectivity index (χ1v) is 7.13. The van der Waals surface area contributed by atoms with E-state index in [1.165, 1.54) is 6.92 Å². The van der Waals surface area contributed by atoms with E-state index >= 15 is 0 Å². The van der Waals surface area contributed by atoms with Gasteiger partial charge in [-0.2, -0.15) is 0 Å². The van der Waals surface area contributed by atoms with Crippen LogP contribution in [0.1, 0.15) is 18.9 Å². The zero-order valence-corrected chi connectivity index (χ0v) is 13.4. The number of methoxy groups -OCH3 is 1. The van der Waals surface area contributed by atoms with E-state index in [4.69, 9.17) is 16.3 Å². The third-order valence-corrected chi connectivity index (χ3v) is 3.45. The summed E-state index contributed by atoms with van der Waals surface area (Å²) < 4.78 is 4.86. The van der Waals surface area contributed by atoms with Crippen LogP contribution in [0.25, 0.3) is 0 Å². The molecule has 0 aliphatic heterocycles. The lowest BCUT2D eigenvalue weighted by molar-refractivity contribution is -0.121. The van der Waals surface area contributed by atoms with Crippen molar-refractivity contribution in [2.24, 2.45) is 0 Å². The van der Waals surface area contributed by atoms with Gasteiger partial charge in [-0.1, -0.05) is 17.7 Å². The monoisotopic (exact) mass is 312 g/mol. The largest absolute Gasteiger partial charge is 0.383 e. The number of nitrogens with one attached hydrogen (secondary N) is 1. The van der Waals surface area contributed by atoms with Crippen molar-refractivity contribution in [1.82, 2.24) is 5.32 Å². The molecule has 0 bridgehead atoms. The number of hydrogen-bond acceptors (Lipinski definition) is 3. The zero-order chi connectivity index (χ0) is 15.8. The maximum absolute atomic E-state index is 11.7. The van der Waals surface area contributed by atoms with E-state index in [1.807, 2.05) is 19.1 Å². The van der Waals surface area contributed by atoms with Crippen LogP contribution in [0.4, 0.5) is 5.69 Å². The summed E-state index contributed by atoms with van der Waals surface area (Å²) >= 11 is 6.08. The maximum atomic E-state index is 11.7. The van der Waals surface area contributed by atoms with E-state index in [1.54, 1.807) is 18.1 Å². The fourth-order valence-electron chi connectivity index (χ4n) is 1.81. The average molecular weight is 313 g/mol. The smallest absolute Gasteiger partial charge is 0.223 e. The van der Waals surface area contributed by atoms with Gasteiger partial charge >= 0.3 is 0 Å². The molecule has 0 saturated heterocycles. The molecule has 5 nitrogen and oxygen atoms in total. The number of rotatable bonds is 7. The van der Waals surface area contributed by atoms with Gasteiger partial charge in [0.1, 0.15) is 0 Å². The highest BCUT2D eigenvalue weighted by Crippen LogP contribution is 2.23. The number of anilines is 1. The SMILES string of the molecule is COCCNC(=O)CCN(C(C)=O)c1ccc(C)c(Cl)c1. The van der Waals surface area contributed by atoms with Gasteiger partial charge < -0.3 is 15.0 Å². The number of hydrogen-bond donors (Lipinski definition) is 1. The molecule has 0 saturated carbocycles. The summed E-state index contributed by atoms with van der Waals surface area (Å²) in [7, 11) is 1.57. The second-order valence-electron chi connectivity index (χ2n) is 4.70. The highest BCUT2D eigenvalue weighted by Gasteiger charge is 2.14. The molecule has 0 fully saturated rings. The minimum Gasteiger partial charge on any atom is -0.383 e. The molecular formula is C15H21ClN2O3. The minimum absolute atomic E-state index is 0.114. The van der Waals surface area contributed by atoms with Gasteiger partial charge in [-0.05, 0) is 24.6 Å². The van der Waals surface area contributed by atoms with E-state index in [0.29, 0.717) is 30.4 Å². The highest BCUT2D eigenvalue weighted by atomic mass is 35.5. The first-order valence-electron chi connectivity index (χ1n) is 6.75. The molecule has 0 heterocycles. The van der Waals surface area contributed by atoms with Gasteiger partial charge in [-0.25, -0.2) is 0 Å². The van der Waals surface area contributed by atoms with Gasteiger partial charge in [0.2, 0.25) is 11.8 Å². The van der Waals surface area contributed by atoms with Crippen LogP contribution in [0.5, 0.6) is 0 Å². The second kappa shape index (κ2) is 8.64. The van der Waals surface area contributed by atoms with Crippen molar-refractivity contribution in [2.45, 2.75) is 20.3 Å². The van der Waals surface area contributed by atoms with Crippen LogP contribution in [-0.2, 0) is 14.3 Å². The van der Waals surface area contributed by atoms with Gasteiger partial charge in [-0.3, -0.25) is 9.59 Å². The minimum atomic E-state index is -0.125. The first kappa shape index (κ1) is 17.5. The quantitative estimate of drug-likeness (QED) is 0.785. The summed E-state index contributed by atoms with van der Waals surface area (Å²) in [5.41, 5.74) is 1.64. The van der Waals surface area contributed by atoms with Crippen molar-refractivity contribution in [3.63, 3.8) is 0 Å². The molecule has 6 heteroatoms. The van der Waals surface area contributed by atoms with Crippen LogP contribution in [0, 0.1) is 6.92 Å². The maximum Gasteiger partial charge on any atom is 0.223 e. The molecule has 116 valence electrons. The number of halogens is 1. The van der Waals surface area contributed by atoms with Crippen molar-refractivity contribution in [1.29, 1.82) is 0 Å². The summed E-state index contributed by atoms with van der Waals surface area (Å²) in [6.07, 6.45) is 0.231. The van der Waals surface area contributed by atoms with E-state index < -0.39 is 0 Å². The molecule has 0 radical (unpaired) electrons. The third kappa shape index (κ3) is 5.73. The lowest BCUT2D eigenvalue weighted by Crippen LogP contribution is -2.34. The van der Waals surface area contributed by atoms with Crippen LogP contribution in [0.15, 0.2) is 18.2 Å². The summed E-state index contributed by atoms with van der Waals surface area (Å²) in [6.45, 7) is 4.61. The van der Waals surface area contributed by atoms with Crippen LogP contribution < -0.4 is 10.2 Å². The predicted octanol–water partition coefficient (Wildman–Crippen LogP) is 2.15. The van der Waals surface area contributed by atoms with Gasteiger partial charge in [0.15, 0.2) is 0 Å². The molecule has 0 spiro atoms. The number of carbonyl (C=O) groups excluding carboxylic acids is 2. The predicted molar refractivity (Wildman–Crippen MR) is 83.7 cm³/mol. The van der Waals surface area contributed by atoms with Crippen molar-refractivity contribution in [2.75, 3.05) is 31.7 Å². The molecule has 0 unspecified atom stereocenters. The fraction of sp³-hybridized carbons (Fsp3) is 0.467. The second-order valence-corrected chi connectivity index (χ2v) is 5.10. The Kier molecular flexibility index (Phi) is 7.19. The Bertz CT molecular complexity index is 506. The Balaban J connectivity index is 2.64. The third-order valence-electron chi connectivity index (χ3n) is 3.04. The molecule has 0 aliphatic carbocycles. The average Bonchev–Trinajstić information content (AvgIpc) is 2.43. The zero-order valence-electron chi connectivity index (χ0n) is 12.6. The number of carbonyl (C=O) groups is 2. The first-order chi connectivity index (χ1) is 9.95. The molecule has 0 aliphatic rings. The van der Waals surface area contributed by atoms with E-state index in [2.05, 4.69) is 5.32 Å². The van der Waals surface area contributed by atoms with Crippen LogP contribution in [-0.4, -0.2) is 38.6 Å². The number of ether oxygens (including phenoxy) is 1. The Morgan fingerprint density at radius 1 is 1.38 bits per heavy atom. The van der Waals surface area contributed by atoms with Crippen LogP contribution >= 0.6 is 11.6 Å². The van der Waals surface area contributed by atoms with Gasteiger partial charge in [0.05, 0.1) is 6.61 Å². The molecular weight excluding hydrogens is 292 g/mol. The lowest BCUT2D eigenvalue weighted by atomic mass is 10.2. The van der Waals surface area contributed by atoms with Crippen molar-refractivity contribution in [3.05, 3.63) is 28.8 Å².